The summed E-state index contributed by atoms with van der Waals surface area (Å²) >= 11 is 0. The molecular formula is C21H25N5O. The maximum absolute atomic E-state index is 13.5. The molecule has 0 spiro atoms. The summed E-state index contributed by atoms with van der Waals surface area (Å²) in [4.78, 5) is 20.0. The van der Waals surface area contributed by atoms with Gasteiger partial charge < -0.3 is 9.47 Å². The zero-order valence-electron chi connectivity index (χ0n) is 16.3. The van der Waals surface area contributed by atoms with E-state index in [-0.39, 0.29) is 5.91 Å². The highest BCUT2D eigenvalue weighted by atomic mass is 16.2. The molecule has 1 aromatic carbocycles. The molecule has 140 valence electrons. The second-order valence-corrected chi connectivity index (χ2v) is 7.34. The summed E-state index contributed by atoms with van der Waals surface area (Å²) in [5.41, 5.74) is 4.83. The minimum atomic E-state index is 0.0683. The first-order valence-corrected chi connectivity index (χ1v) is 9.34. The lowest BCUT2D eigenvalue weighted by molar-refractivity contribution is 0.0730. The van der Waals surface area contributed by atoms with E-state index in [1.165, 1.54) is 0 Å². The number of nitrogens with zero attached hydrogens (tertiary/aromatic N) is 5. The largest absolute Gasteiger partial charge is 0.334 e. The number of imidazole rings is 1. The van der Waals surface area contributed by atoms with Gasteiger partial charge in [-0.05, 0) is 32.8 Å². The molecule has 1 saturated carbocycles. The molecule has 0 aliphatic heterocycles. The van der Waals surface area contributed by atoms with Gasteiger partial charge in [-0.25, -0.2) is 4.98 Å². The molecule has 4 rings (SSSR count). The SMILES string of the molecule is Cc1nn(C)c(C)c1CN(C(=O)c1ccccc1-c1nccn1C)C1CC1. The van der Waals surface area contributed by atoms with Crippen molar-refractivity contribution in [2.24, 2.45) is 14.1 Å². The summed E-state index contributed by atoms with van der Waals surface area (Å²) in [6, 6.07) is 8.07. The smallest absolute Gasteiger partial charge is 0.255 e. The van der Waals surface area contributed by atoms with Crippen LogP contribution in [0.4, 0.5) is 0 Å². The zero-order valence-corrected chi connectivity index (χ0v) is 16.3. The van der Waals surface area contributed by atoms with E-state index < -0.39 is 0 Å². The number of hydrogen-bond acceptors (Lipinski definition) is 3. The van der Waals surface area contributed by atoms with Crippen molar-refractivity contribution in [3.63, 3.8) is 0 Å². The van der Waals surface area contributed by atoms with E-state index >= 15 is 0 Å². The van der Waals surface area contributed by atoms with E-state index in [0.29, 0.717) is 18.2 Å². The molecule has 2 aromatic heterocycles. The predicted molar refractivity (Wildman–Crippen MR) is 104 cm³/mol. The first-order chi connectivity index (χ1) is 13.0. The molecule has 1 fully saturated rings. The molecule has 1 aliphatic carbocycles. The average Bonchev–Trinajstić information content (AvgIpc) is 3.36. The molecule has 0 saturated heterocycles. The highest BCUT2D eigenvalue weighted by Gasteiger charge is 2.35. The summed E-state index contributed by atoms with van der Waals surface area (Å²) in [7, 11) is 3.90. The highest BCUT2D eigenvalue weighted by molar-refractivity contribution is 6.00. The molecule has 6 heteroatoms. The first-order valence-electron chi connectivity index (χ1n) is 9.34. The third kappa shape index (κ3) is 3.16. The zero-order chi connectivity index (χ0) is 19.1. The van der Waals surface area contributed by atoms with Crippen LogP contribution < -0.4 is 0 Å². The molecule has 0 radical (unpaired) electrons. The maximum atomic E-state index is 13.5. The Labute approximate surface area is 159 Å². The van der Waals surface area contributed by atoms with E-state index in [1.54, 1.807) is 6.20 Å². The second-order valence-electron chi connectivity index (χ2n) is 7.34. The molecule has 3 aromatic rings. The van der Waals surface area contributed by atoms with Crippen LogP contribution in [0, 0.1) is 13.8 Å². The number of hydrogen-bond donors (Lipinski definition) is 0. The molecule has 0 N–H and O–H groups in total. The van der Waals surface area contributed by atoms with Crippen LogP contribution in [0.15, 0.2) is 36.7 Å². The fourth-order valence-electron chi connectivity index (χ4n) is 3.61. The van der Waals surface area contributed by atoms with Crippen molar-refractivity contribution in [2.75, 3.05) is 0 Å². The van der Waals surface area contributed by atoms with E-state index in [1.807, 2.05) is 65.6 Å². The minimum Gasteiger partial charge on any atom is -0.334 e. The third-order valence-corrected chi connectivity index (χ3v) is 5.46. The van der Waals surface area contributed by atoms with Gasteiger partial charge in [0.05, 0.1) is 11.3 Å². The number of amides is 1. The lowest BCUT2D eigenvalue weighted by Gasteiger charge is -2.24. The Balaban J connectivity index is 1.71. The van der Waals surface area contributed by atoms with Crippen LogP contribution in [-0.4, -0.2) is 36.2 Å². The highest BCUT2D eigenvalue weighted by Crippen LogP contribution is 2.33. The molecule has 0 atom stereocenters. The molecule has 1 amide bonds. The van der Waals surface area contributed by atoms with Crippen LogP contribution in [0.25, 0.3) is 11.4 Å². The van der Waals surface area contributed by atoms with Crippen LogP contribution >= 0.6 is 0 Å². The van der Waals surface area contributed by atoms with Gasteiger partial charge >= 0.3 is 0 Å². The topological polar surface area (TPSA) is 56.0 Å². The molecular weight excluding hydrogens is 338 g/mol. The number of aromatic nitrogens is 4. The molecule has 6 nitrogen and oxygen atoms in total. The summed E-state index contributed by atoms with van der Waals surface area (Å²) in [6.07, 6.45) is 5.79. The Hall–Kier alpha value is -2.89. The number of aryl methyl sites for hydroxylation is 3. The summed E-state index contributed by atoms with van der Waals surface area (Å²) in [5, 5.41) is 4.51. The van der Waals surface area contributed by atoms with Crippen LogP contribution in [0.2, 0.25) is 0 Å². The summed E-state index contributed by atoms with van der Waals surface area (Å²) < 4.78 is 3.84. The number of carbonyl (C=O) groups is 1. The van der Waals surface area contributed by atoms with Gasteiger partial charge in [-0.3, -0.25) is 9.48 Å². The van der Waals surface area contributed by atoms with Gasteiger partial charge in [-0.15, -0.1) is 0 Å². The van der Waals surface area contributed by atoms with Crippen molar-refractivity contribution < 1.29 is 4.79 Å². The van der Waals surface area contributed by atoms with Crippen molar-refractivity contribution in [1.29, 1.82) is 0 Å². The average molecular weight is 363 g/mol. The van der Waals surface area contributed by atoms with Gasteiger partial charge in [-0.1, -0.05) is 18.2 Å². The fourth-order valence-corrected chi connectivity index (χ4v) is 3.61. The van der Waals surface area contributed by atoms with Crippen molar-refractivity contribution in [2.45, 2.75) is 39.3 Å². The van der Waals surface area contributed by atoms with Crippen molar-refractivity contribution in [1.82, 2.24) is 24.2 Å². The van der Waals surface area contributed by atoms with Gasteiger partial charge in [0.15, 0.2) is 0 Å². The van der Waals surface area contributed by atoms with Crippen molar-refractivity contribution in [3.8, 4) is 11.4 Å². The number of rotatable bonds is 5. The lowest BCUT2D eigenvalue weighted by Crippen LogP contribution is -2.33. The maximum Gasteiger partial charge on any atom is 0.255 e. The Bertz CT molecular complexity index is 996. The summed E-state index contributed by atoms with van der Waals surface area (Å²) in [6.45, 7) is 4.68. The quantitative estimate of drug-likeness (QED) is 0.699. The first kappa shape index (κ1) is 17.5. The van der Waals surface area contributed by atoms with Gasteiger partial charge in [0.1, 0.15) is 5.82 Å². The van der Waals surface area contributed by atoms with Crippen LogP contribution in [-0.2, 0) is 20.6 Å². The predicted octanol–water partition coefficient (Wildman–Crippen LogP) is 3.24. The van der Waals surface area contributed by atoms with Crippen molar-refractivity contribution >= 4 is 5.91 Å². The van der Waals surface area contributed by atoms with E-state index in [4.69, 9.17) is 0 Å². The van der Waals surface area contributed by atoms with Crippen LogP contribution in [0.3, 0.4) is 0 Å². The minimum absolute atomic E-state index is 0.0683. The molecule has 0 unspecified atom stereocenters. The van der Waals surface area contributed by atoms with E-state index in [2.05, 4.69) is 17.0 Å². The van der Waals surface area contributed by atoms with E-state index in [9.17, 15) is 4.79 Å². The van der Waals surface area contributed by atoms with E-state index in [0.717, 1.165) is 41.2 Å². The number of benzene rings is 1. The molecule has 0 bridgehead atoms. The Morgan fingerprint density at radius 1 is 1.22 bits per heavy atom. The van der Waals surface area contributed by atoms with Gasteiger partial charge in [0.2, 0.25) is 0 Å². The Kier molecular flexibility index (Phi) is 4.34. The van der Waals surface area contributed by atoms with Crippen molar-refractivity contribution in [3.05, 3.63) is 59.2 Å². The fraction of sp³-hybridized carbons (Fsp3) is 0.381. The standard InChI is InChI=1S/C21H25N5O/c1-14-19(15(2)25(4)23-14)13-26(16-9-10-16)21(27)18-8-6-5-7-17(18)20-22-11-12-24(20)3/h5-8,11-12,16H,9-10,13H2,1-4H3. The van der Waals surface area contributed by atoms with Crippen LogP contribution in [0.1, 0.15) is 40.2 Å². The monoisotopic (exact) mass is 363 g/mol. The molecule has 27 heavy (non-hydrogen) atoms. The molecule has 2 heterocycles. The second kappa shape index (κ2) is 6.68. The van der Waals surface area contributed by atoms with Gasteiger partial charge in [0, 0.05) is 55.9 Å². The summed E-state index contributed by atoms with van der Waals surface area (Å²) in [5.74, 6) is 0.877. The van der Waals surface area contributed by atoms with Gasteiger partial charge in [-0.2, -0.15) is 5.10 Å². The third-order valence-electron chi connectivity index (χ3n) is 5.46. The number of carbonyl (C=O) groups excluding carboxylic acids is 1. The Morgan fingerprint density at radius 3 is 2.56 bits per heavy atom. The van der Waals surface area contributed by atoms with Crippen LogP contribution in [0.5, 0.6) is 0 Å². The normalized spacial score (nSPS) is 13.8. The lowest BCUT2D eigenvalue weighted by atomic mass is 10.0. The molecule has 1 aliphatic rings. The van der Waals surface area contributed by atoms with Gasteiger partial charge in [0.25, 0.3) is 5.91 Å². The Morgan fingerprint density at radius 2 is 1.96 bits per heavy atom.